The van der Waals surface area contributed by atoms with Crippen LogP contribution in [0.1, 0.15) is 0 Å². The van der Waals surface area contributed by atoms with E-state index in [1.54, 1.807) is 0 Å². The highest BCUT2D eigenvalue weighted by Crippen LogP contribution is 2.26. The van der Waals surface area contributed by atoms with Crippen molar-refractivity contribution in [1.29, 1.82) is 0 Å². The van der Waals surface area contributed by atoms with Crippen molar-refractivity contribution in [1.82, 2.24) is 5.32 Å². The molecule has 0 aromatic heterocycles. The number of amides is 2. The van der Waals surface area contributed by atoms with Crippen LogP contribution >= 0.6 is 0 Å². The molecule has 0 aliphatic carbocycles. The summed E-state index contributed by atoms with van der Waals surface area (Å²) in [6.07, 6.45) is 0. The van der Waals surface area contributed by atoms with Gasteiger partial charge < -0.3 is 26.2 Å². The lowest BCUT2D eigenvalue weighted by molar-refractivity contribution is -0.138. The van der Waals surface area contributed by atoms with E-state index >= 15 is 0 Å². The maximum Gasteiger partial charge on any atom is 0.322 e. The molecular weight excluding hydrogens is 318 g/mol. The minimum atomic E-state index is -4.54. The number of ether oxygens (including phenoxy) is 1. The third-order valence-corrected chi connectivity index (χ3v) is 3.37. The molecule has 22 heavy (non-hydrogen) atoms. The van der Waals surface area contributed by atoms with Gasteiger partial charge in [0.25, 0.3) is 10.1 Å². The predicted octanol–water partition coefficient (Wildman–Crippen LogP) is -0.525. The fourth-order valence-corrected chi connectivity index (χ4v) is 2.10. The van der Waals surface area contributed by atoms with Crippen molar-refractivity contribution in [2.24, 2.45) is 5.73 Å². The summed E-state index contributed by atoms with van der Waals surface area (Å²) >= 11 is 0. The lowest BCUT2D eigenvalue weighted by Crippen LogP contribution is -2.43. The number of urea groups is 1. The summed E-state index contributed by atoms with van der Waals surface area (Å²) in [6, 6.07) is 1.51. The second-order valence-corrected chi connectivity index (χ2v) is 5.51. The monoisotopic (exact) mass is 333 g/mol. The Morgan fingerprint density at radius 2 is 2.05 bits per heavy atom. The minimum absolute atomic E-state index is 0.0508. The Kier molecular flexibility index (Phi) is 5.68. The van der Waals surface area contributed by atoms with Crippen molar-refractivity contribution in [3.8, 4) is 5.75 Å². The smallest absolute Gasteiger partial charge is 0.322 e. The fraction of sp³-hybridized carbons (Fsp3) is 0.273. The van der Waals surface area contributed by atoms with Crippen LogP contribution in [0.3, 0.4) is 0 Å². The molecule has 122 valence electrons. The van der Waals surface area contributed by atoms with E-state index < -0.39 is 33.1 Å². The van der Waals surface area contributed by atoms with Gasteiger partial charge in [-0.15, -0.1) is 0 Å². The first-order valence-corrected chi connectivity index (χ1v) is 7.28. The Morgan fingerprint density at radius 3 is 2.55 bits per heavy atom. The van der Waals surface area contributed by atoms with E-state index in [1.165, 1.54) is 19.2 Å². The van der Waals surface area contributed by atoms with Gasteiger partial charge in [-0.1, -0.05) is 0 Å². The number of benzene rings is 1. The van der Waals surface area contributed by atoms with Crippen LogP contribution in [0.4, 0.5) is 10.5 Å². The molecule has 0 radical (unpaired) electrons. The van der Waals surface area contributed by atoms with Crippen molar-refractivity contribution < 1.29 is 32.4 Å². The maximum atomic E-state index is 11.5. The normalized spacial score (nSPS) is 12.3. The lowest BCUT2D eigenvalue weighted by atomic mass is 10.3. The molecule has 1 aromatic carbocycles. The zero-order chi connectivity index (χ0) is 16.9. The molecule has 1 atom stereocenters. The number of hydrogen-bond acceptors (Lipinski definition) is 6. The third kappa shape index (κ3) is 4.87. The second kappa shape index (κ2) is 7.06. The quantitative estimate of drug-likeness (QED) is 0.433. The number of carboxylic acids is 1. The molecular formula is C11H15N3O7S. The highest BCUT2D eigenvalue weighted by atomic mass is 32.2. The van der Waals surface area contributed by atoms with Gasteiger partial charge in [0.2, 0.25) is 0 Å². The van der Waals surface area contributed by atoms with Gasteiger partial charge in [-0.05, 0) is 18.2 Å². The Morgan fingerprint density at radius 1 is 1.41 bits per heavy atom. The van der Waals surface area contributed by atoms with Crippen molar-refractivity contribution in [2.45, 2.75) is 10.9 Å². The molecule has 0 aliphatic heterocycles. The molecule has 0 saturated heterocycles. The Labute approximate surface area is 126 Å². The summed E-state index contributed by atoms with van der Waals surface area (Å²) in [7, 11) is -3.32. The van der Waals surface area contributed by atoms with Crippen LogP contribution in [0, 0.1) is 0 Å². The predicted molar refractivity (Wildman–Crippen MR) is 75.4 cm³/mol. The van der Waals surface area contributed by atoms with Gasteiger partial charge in [0.1, 0.15) is 16.7 Å². The topological polar surface area (TPSA) is 168 Å². The summed E-state index contributed by atoms with van der Waals surface area (Å²) in [5.74, 6) is -1.38. The van der Waals surface area contributed by atoms with Crippen molar-refractivity contribution in [3.05, 3.63) is 18.2 Å². The number of nitrogens with one attached hydrogen (secondary N) is 2. The average Bonchev–Trinajstić information content (AvgIpc) is 2.43. The Balaban J connectivity index is 2.82. The first kappa shape index (κ1) is 17.7. The number of nitrogens with two attached hydrogens (primary N) is 1. The zero-order valence-corrected chi connectivity index (χ0v) is 12.3. The third-order valence-electron chi connectivity index (χ3n) is 2.50. The van der Waals surface area contributed by atoms with Crippen molar-refractivity contribution in [3.63, 3.8) is 0 Å². The van der Waals surface area contributed by atoms with Crippen LogP contribution in [0.25, 0.3) is 0 Å². The molecule has 0 heterocycles. The largest absolute Gasteiger partial charge is 0.495 e. The molecule has 0 spiro atoms. The van der Waals surface area contributed by atoms with E-state index in [9.17, 15) is 18.0 Å². The van der Waals surface area contributed by atoms with Crippen molar-refractivity contribution >= 4 is 27.8 Å². The van der Waals surface area contributed by atoms with Crippen LogP contribution in [0.15, 0.2) is 23.1 Å². The highest BCUT2D eigenvalue weighted by Gasteiger charge is 2.18. The number of rotatable bonds is 6. The van der Waals surface area contributed by atoms with Crippen LogP contribution in [0.2, 0.25) is 0 Å². The SMILES string of the molecule is COc1ccc(NC(=O)NC[C@H](N)C(=O)O)cc1S(=O)(=O)O. The Bertz CT molecular complexity index is 674. The number of carbonyl (C=O) groups excluding carboxylic acids is 1. The standard InChI is InChI=1S/C11H15N3O7S/c1-21-8-3-2-6(4-9(8)22(18,19)20)14-11(17)13-5-7(12)10(15)16/h2-4,7H,5,12H2,1H3,(H,15,16)(H2,13,14,17)(H,18,19,20)/t7-/m0/s1. The zero-order valence-electron chi connectivity index (χ0n) is 11.4. The molecule has 6 N–H and O–H groups in total. The molecule has 0 saturated carbocycles. The van der Waals surface area contributed by atoms with E-state index in [0.717, 1.165) is 6.07 Å². The van der Waals surface area contributed by atoms with E-state index in [-0.39, 0.29) is 18.0 Å². The molecule has 1 aromatic rings. The average molecular weight is 333 g/mol. The summed E-state index contributed by atoms with van der Waals surface area (Å²) in [4.78, 5) is 21.5. The molecule has 0 unspecified atom stereocenters. The van der Waals surface area contributed by atoms with Gasteiger partial charge in [0, 0.05) is 12.2 Å². The number of hydrogen-bond donors (Lipinski definition) is 5. The second-order valence-electron chi connectivity index (χ2n) is 4.12. The van der Waals surface area contributed by atoms with Crippen LogP contribution in [-0.2, 0) is 14.9 Å². The first-order valence-electron chi connectivity index (χ1n) is 5.84. The number of anilines is 1. The van der Waals surface area contributed by atoms with E-state index in [0.29, 0.717) is 0 Å². The molecule has 11 heteroatoms. The number of aliphatic carboxylic acids is 1. The summed E-state index contributed by atoms with van der Waals surface area (Å²) in [5, 5.41) is 13.0. The summed E-state index contributed by atoms with van der Waals surface area (Å²) < 4.78 is 36.3. The highest BCUT2D eigenvalue weighted by molar-refractivity contribution is 7.86. The first-order chi connectivity index (χ1) is 10.1. The van der Waals surface area contributed by atoms with Gasteiger partial charge >= 0.3 is 12.0 Å². The summed E-state index contributed by atoms with van der Waals surface area (Å²) in [6.45, 7) is -0.317. The Hall–Kier alpha value is -2.37. The van der Waals surface area contributed by atoms with Gasteiger partial charge in [0.05, 0.1) is 7.11 Å². The molecule has 0 bridgehead atoms. The van der Waals surface area contributed by atoms with Crippen LogP contribution < -0.4 is 21.1 Å². The molecule has 10 nitrogen and oxygen atoms in total. The number of carbonyl (C=O) groups is 2. The fourth-order valence-electron chi connectivity index (χ4n) is 1.42. The maximum absolute atomic E-state index is 11.5. The lowest BCUT2D eigenvalue weighted by Gasteiger charge is -2.12. The van der Waals surface area contributed by atoms with E-state index in [4.69, 9.17) is 20.1 Å². The minimum Gasteiger partial charge on any atom is -0.495 e. The number of carboxylic acid groups (broad SMARTS) is 1. The molecule has 0 fully saturated rings. The van der Waals surface area contributed by atoms with Crippen molar-refractivity contribution in [2.75, 3.05) is 19.0 Å². The van der Waals surface area contributed by atoms with Gasteiger partial charge in [-0.2, -0.15) is 8.42 Å². The number of methoxy groups -OCH3 is 1. The summed E-state index contributed by atoms with van der Waals surface area (Å²) in [5.41, 5.74) is 5.26. The van der Waals surface area contributed by atoms with E-state index in [2.05, 4.69) is 10.6 Å². The molecule has 2 amide bonds. The van der Waals surface area contributed by atoms with Gasteiger partial charge in [0.15, 0.2) is 0 Å². The van der Waals surface area contributed by atoms with Gasteiger partial charge in [-0.3, -0.25) is 9.35 Å². The molecule has 0 aliphatic rings. The molecule has 1 rings (SSSR count). The van der Waals surface area contributed by atoms with Crippen LogP contribution in [-0.4, -0.2) is 49.8 Å². The van der Waals surface area contributed by atoms with Gasteiger partial charge in [-0.25, -0.2) is 4.79 Å². The van der Waals surface area contributed by atoms with E-state index in [1.807, 2.05) is 0 Å². The van der Waals surface area contributed by atoms with Crippen LogP contribution in [0.5, 0.6) is 5.75 Å².